The molecule has 0 radical (unpaired) electrons. The molecule has 0 spiro atoms. The number of benzene rings is 2. The maximum Gasteiger partial charge on any atom is 0.258 e. The van der Waals surface area contributed by atoms with Crippen LogP contribution in [-0.2, 0) is 0 Å². The van der Waals surface area contributed by atoms with Crippen LogP contribution in [0.15, 0.2) is 90.4 Å². The second-order valence-corrected chi connectivity index (χ2v) is 7.76. The lowest BCUT2D eigenvalue weighted by Crippen LogP contribution is -2.19. The van der Waals surface area contributed by atoms with Crippen LogP contribution >= 0.6 is 0 Å². The van der Waals surface area contributed by atoms with E-state index in [1.165, 1.54) is 6.33 Å². The third kappa shape index (κ3) is 2.70. The molecule has 5 nitrogen and oxygen atoms in total. The lowest BCUT2D eigenvalue weighted by Gasteiger charge is -2.10. The Morgan fingerprint density at radius 2 is 1.73 bits per heavy atom. The number of nitrogens with zero attached hydrogens (tertiary/aromatic N) is 4. The molecule has 1 fully saturated rings. The number of para-hydroxylation sites is 1. The first-order chi connectivity index (χ1) is 14.8. The van der Waals surface area contributed by atoms with Gasteiger partial charge in [0.15, 0.2) is 0 Å². The van der Waals surface area contributed by atoms with Crippen LogP contribution in [0.5, 0.6) is 0 Å². The van der Waals surface area contributed by atoms with E-state index >= 15 is 0 Å². The summed E-state index contributed by atoms with van der Waals surface area (Å²) in [6, 6.07) is 20.3. The van der Waals surface area contributed by atoms with Gasteiger partial charge >= 0.3 is 0 Å². The zero-order chi connectivity index (χ0) is 20.1. The molecule has 5 heteroatoms. The van der Waals surface area contributed by atoms with Crippen LogP contribution in [-0.4, -0.2) is 19.5 Å². The van der Waals surface area contributed by atoms with Crippen molar-refractivity contribution in [2.75, 3.05) is 0 Å². The molecule has 0 bridgehead atoms. The largest absolute Gasteiger partial charge is 0.311 e. The van der Waals surface area contributed by atoms with Gasteiger partial charge in [0.05, 0.1) is 5.52 Å². The molecule has 1 aliphatic rings. The standard InChI is InChI=1S/C25H18N4O/c30-25-20-6-3-5-18(17-13-26-15-27-14-17)19(20)10-11-29(25)24-12-21(24)23-9-8-16-4-1-2-7-22(16)28-23/h1-11,13-15,21,24H,12H2/t21-,24-/m1/s1. The van der Waals surface area contributed by atoms with E-state index in [0.29, 0.717) is 0 Å². The van der Waals surface area contributed by atoms with Crippen LogP contribution in [0, 0.1) is 0 Å². The van der Waals surface area contributed by atoms with Gasteiger partial charge in [-0.3, -0.25) is 9.78 Å². The van der Waals surface area contributed by atoms with Gasteiger partial charge < -0.3 is 4.57 Å². The molecule has 5 aromatic rings. The number of aromatic nitrogens is 4. The minimum absolute atomic E-state index is 0.0412. The molecule has 0 unspecified atom stereocenters. The molecule has 0 aliphatic heterocycles. The fraction of sp³-hybridized carbons (Fsp3) is 0.120. The Morgan fingerprint density at radius 1 is 0.867 bits per heavy atom. The molecule has 3 aromatic heterocycles. The molecule has 1 aliphatic carbocycles. The van der Waals surface area contributed by atoms with E-state index in [2.05, 4.69) is 28.2 Å². The highest BCUT2D eigenvalue weighted by molar-refractivity contribution is 5.95. The van der Waals surface area contributed by atoms with Gasteiger partial charge in [0.25, 0.3) is 5.56 Å². The summed E-state index contributed by atoms with van der Waals surface area (Å²) >= 11 is 0. The highest BCUT2D eigenvalue weighted by Gasteiger charge is 2.41. The van der Waals surface area contributed by atoms with Gasteiger partial charge in [-0.1, -0.05) is 36.4 Å². The maximum absolute atomic E-state index is 13.3. The quantitative estimate of drug-likeness (QED) is 0.447. The first kappa shape index (κ1) is 17.0. The predicted octanol–water partition coefficient (Wildman–Crippen LogP) is 4.74. The minimum Gasteiger partial charge on any atom is -0.311 e. The summed E-state index contributed by atoms with van der Waals surface area (Å²) in [7, 11) is 0. The molecule has 6 rings (SSSR count). The van der Waals surface area contributed by atoms with Gasteiger partial charge in [-0.2, -0.15) is 0 Å². The van der Waals surface area contributed by atoms with E-state index in [4.69, 9.17) is 4.98 Å². The zero-order valence-electron chi connectivity index (χ0n) is 16.1. The fourth-order valence-corrected chi connectivity index (χ4v) is 4.34. The van der Waals surface area contributed by atoms with Crippen LogP contribution in [0.25, 0.3) is 32.8 Å². The van der Waals surface area contributed by atoms with Gasteiger partial charge in [0.1, 0.15) is 6.33 Å². The van der Waals surface area contributed by atoms with Gasteiger partial charge in [0.2, 0.25) is 0 Å². The van der Waals surface area contributed by atoms with Crippen LogP contribution in [0.3, 0.4) is 0 Å². The summed E-state index contributed by atoms with van der Waals surface area (Å²) in [5, 5.41) is 2.78. The summed E-state index contributed by atoms with van der Waals surface area (Å²) in [4.78, 5) is 26.3. The molecule has 2 aromatic carbocycles. The molecular formula is C25H18N4O. The van der Waals surface area contributed by atoms with Crippen LogP contribution in [0.1, 0.15) is 24.1 Å². The van der Waals surface area contributed by atoms with Crippen molar-refractivity contribution in [3.63, 3.8) is 0 Å². The van der Waals surface area contributed by atoms with Crippen molar-refractivity contribution in [2.24, 2.45) is 0 Å². The van der Waals surface area contributed by atoms with Crippen molar-refractivity contribution in [1.82, 2.24) is 19.5 Å². The van der Waals surface area contributed by atoms with E-state index in [0.717, 1.165) is 44.9 Å². The molecular weight excluding hydrogens is 372 g/mol. The average molecular weight is 390 g/mol. The maximum atomic E-state index is 13.3. The Hall–Kier alpha value is -3.86. The van der Waals surface area contributed by atoms with Crippen molar-refractivity contribution in [1.29, 1.82) is 0 Å². The Labute approximate surface area is 172 Å². The molecule has 2 atom stereocenters. The van der Waals surface area contributed by atoms with E-state index in [9.17, 15) is 4.79 Å². The molecule has 0 saturated heterocycles. The average Bonchev–Trinajstić information content (AvgIpc) is 3.60. The molecule has 3 heterocycles. The van der Waals surface area contributed by atoms with E-state index in [-0.39, 0.29) is 17.5 Å². The molecule has 144 valence electrons. The minimum atomic E-state index is 0.0412. The number of hydrogen-bond donors (Lipinski definition) is 0. The van der Waals surface area contributed by atoms with Crippen LogP contribution < -0.4 is 5.56 Å². The van der Waals surface area contributed by atoms with Crippen molar-refractivity contribution in [2.45, 2.75) is 18.4 Å². The Morgan fingerprint density at radius 3 is 2.63 bits per heavy atom. The van der Waals surface area contributed by atoms with E-state index in [1.807, 2.05) is 53.2 Å². The Bertz CT molecular complexity index is 1460. The Kier molecular flexibility index (Phi) is 3.74. The lowest BCUT2D eigenvalue weighted by atomic mass is 10.0. The normalized spacial score (nSPS) is 18.0. The second kappa shape index (κ2) is 6.59. The second-order valence-electron chi connectivity index (χ2n) is 7.76. The SMILES string of the molecule is O=c1c2cccc(-c3cncnc3)c2ccn1[C@@H]1C[C@@H]1c1ccc2ccccc2n1. The molecule has 1 saturated carbocycles. The highest BCUT2D eigenvalue weighted by Crippen LogP contribution is 2.50. The summed E-state index contributed by atoms with van der Waals surface area (Å²) in [6.07, 6.45) is 7.91. The van der Waals surface area contributed by atoms with Crippen LogP contribution in [0.4, 0.5) is 0 Å². The topological polar surface area (TPSA) is 60.7 Å². The summed E-state index contributed by atoms with van der Waals surface area (Å²) in [5.41, 5.74) is 3.98. The molecule has 0 amide bonds. The first-order valence-electron chi connectivity index (χ1n) is 10.0. The Balaban J connectivity index is 1.39. The predicted molar refractivity (Wildman–Crippen MR) is 117 cm³/mol. The van der Waals surface area contributed by atoms with E-state index < -0.39 is 0 Å². The van der Waals surface area contributed by atoms with Crippen LogP contribution in [0.2, 0.25) is 0 Å². The fourth-order valence-electron chi connectivity index (χ4n) is 4.34. The van der Waals surface area contributed by atoms with E-state index in [1.54, 1.807) is 12.4 Å². The summed E-state index contributed by atoms with van der Waals surface area (Å²) in [6.45, 7) is 0. The number of pyridine rings is 2. The third-order valence-corrected chi connectivity index (χ3v) is 5.96. The van der Waals surface area contributed by atoms with Gasteiger partial charge in [-0.25, -0.2) is 9.97 Å². The first-order valence-corrected chi connectivity index (χ1v) is 10.0. The monoisotopic (exact) mass is 390 g/mol. The van der Waals surface area contributed by atoms with Gasteiger partial charge in [0, 0.05) is 52.6 Å². The van der Waals surface area contributed by atoms with Crippen molar-refractivity contribution in [3.8, 4) is 11.1 Å². The number of rotatable bonds is 3. The summed E-state index contributed by atoms with van der Waals surface area (Å²) < 4.78 is 1.87. The third-order valence-electron chi connectivity index (χ3n) is 5.96. The summed E-state index contributed by atoms with van der Waals surface area (Å²) in [5.74, 6) is 0.274. The van der Waals surface area contributed by atoms with Crippen molar-refractivity contribution >= 4 is 21.7 Å². The highest BCUT2D eigenvalue weighted by atomic mass is 16.1. The molecule has 0 N–H and O–H groups in total. The molecule has 30 heavy (non-hydrogen) atoms. The lowest BCUT2D eigenvalue weighted by molar-refractivity contribution is 0.688. The number of hydrogen-bond acceptors (Lipinski definition) is 4. The number of fused-ring (bicyclic) bond motifs is 2. The van der Waals surface area contributed by atoms with Gasteiger partial charge in [-0.05, 0) is 41.6 Å². The van der Waals surface area contributed by atoms with Crippen molar-refractivity contribution < 1.29 is 0 Å². The smallest absolute Gasteiger partial charge is 0.258 e. The zero-order valence-corrected chi connectivity index (χ0v) is 16.1. The van der Waals surface area contributed by atoms with Gasteiger partial charge in [-0.15, -0.1) is 0 Å². The van der Waals surface area contributed by atoms with Crippen molar-refractivity contribution in [3.05, 3.63) is 102 Å².